The molecule has 140 valence electrons. The van der Waals surface area contributed by atoms with Gasteiger partial charge in [-0.15, -0.1) is 0 Å². The van der Waals surface area contributed by atoms with Crippen LogP contribution in [0, 0.1) is 0 Å². The van der Waals surface area contributed by atoms with E-state index < -0.39 is 11.7 Å². The van der Waals surface area contributed by atoms with Gasteiger partial charge in [-0.1, -0.05) is 25.3 Å². The number of nitrogens with one attached hydrogen (secondary N) is 1. The second-order valence-corrected chi connectivity index (χ2v) is 6.85. The molecule has 0 aliphatic heterocycles. The summed E-state index contributed by atoms with van der Waals surface area (Å²) in [5.74, 6) is 0.672. The Labute approximate surface area is 154 Å². The molecule has 1 aliphatic carbocycles. The number of aromatic nitrogens is 3. The summed E-state index contributed by atoms with van der Waals surface area (Å²) in [7, 11) is 0. The Balaban J connectivity index is 1.77. The Hall–Kier alpha value is -2.70. The van der Waals surface area contributed by atoms with Gasteiger partial charge in [0.1, 0.15) is 12.1 Å². The second kappa shape index (κ2) is 7.13. The molecule has 0 atom stereocenters. The third-order valence-electron chi connectivity index (χ3n) is 5.02. The van der Waals surface area contributed by atoms with Gasteiger partial charge in [0.2, 0.25) is 0 Å². The van der Waals surface area contributed by atoms with E-state index in [1.54, 1.807) is 18.2 Å². The summed E-state index contributed by atoms with van der Waals surface area (Å²) in [5, 5.41) is 4.18. The molecule has 1 aromatic carbocycles. The van der Waals surface area contributed by atoms with E-state index in [-0.39, 0.29) is 5.56 Å². The van der Waals surface area contributed by atoms with Crippen LogP contribution in [0.25, 0.3) is 22.0 Å². The molecule has 2 aromatic heterocycles. The highest BCUT2D eigenvalue weighted by atomic mass is 19.4. The fraction of sp³-hybridized carbons (Fsp3) is 0.350. The molecule has 1 fully saturated rings. The van der Waals surface area contributed by atoms with Crippen LogP contribution in [0.2, 0.25) is 0 Å². The fourth-order valence-corrected chi connectivity index (χ4v) is 3.65. The zero-order valence-corrected chi connectivity index (χ0v) is 14.6. The average Bonchev–Trinajstić information content (AvgIpc) is 2.68. The minimum Gasteiger partial charge on any atom is -0.367 e. The van der Waals surface area contributed by atoms with E-state index in [4.69, 9.17) is 0 Å². The van der Waals surface area contributed by atoms with Gasteiger partial charge >= 0.3 is 6.18 Å². The van der Waals surface area contributed by atoms with E-state index in [1.165, 1.54) is 31.8 Å². The molecule has 0 radical (unpaired) electrons. The topological polar surface area (TPSA) is 50.7 Å². The number of halogens is 3. The second-order valence-electron chi connectivity index (χ2n) is 6.85. The summed E-state index contributed by atoms with van der Waals surface area (Å²) < 4.78 is 40.1. The number of rotatable bonds is 3. The number of hydrogen-bond donors (Lipinski definition) is 1. The summed E-state index contributed by atoms with van der Waals surface area (Å²) in [6.45, 7) is 0. The van der Waals surface area contributed by atoms with Gasteiger partial charge in [0.25, 0.3) is 0 Å². The summed E-state index contributed by atoms with van der Waals surface area (Å²) >= 11 is 0. The van der Waals surface area contributed by atoms with E-state index >= 15 is 0 Å². The molecular formula is C20H19F3N4. The van der Waals surface area contributed by atoms with Crippen LogP contribution in [0.5, 0.6) is 0 Å². The van der Waals surface area contributed by atoms with Crippen molar-refractivity contribution in [2.75, 3.05) is 5.32 Å². The average molecular weight is 372 g/mol. The Morgan fingerprint density at radius 1 is 1.00 bits per heavy atom. The van der Waals surface area contributed by atoms with Crippen molar-refractivity contribution in [2.45, 2.75) is 44.3 Å². The molecule has 0 spiro atoms. The third kappa shape index (κ3) is 3.72. The normalized spacial score (nSPS) is 15.8. The molecule has 0 amide bonds. The van der Waals surface area contributed by atoms with Gasteiger partial charge in [-0.3, -0.25) is 4.98 Å². The molecule has 4 rings (SSSR count). The van der Waals surface area contributed by atoms with Crippen LogP contribution in [-0.4, -0.2) is 21.0 Å². The van der Waals surface area contributed by atoms with Crippen LogP contribution in [0.1, 0.15) is 37.7 Å². The van der Waals surface area contributed by atoms with Crippen molar-refractivity contribution in [3.63, 3.8) is 0 Å². The lowest BCUT2D eigenvalue weighted by Gasteiger charge is -2.23. The van der Waals surface area contributed by atoms with Crippen molar-refractivity contribution in [3.8, 4) is 11.1 Å². The largest absolute Gasteiger partial charge is 0.417 e. The highest BCUT2D eigenvalue weighted by molar-refractivity contribution is 5.92. The van der Waals surface area contributed by atoms with Crippen molar-refractivity contribution in [1.29, 1.82) is 0 Å². The first kappa shape index (κ1) is 17.7. The molecule has 1 saturated carbocycles. The molecule has 7 heteroatoms. The van der Waals surface area contributed by atoms with Crippen LogP contribution in [0.3, 0.4) is 0 Å². The van der Waals surface area contributed by atoms with Gasteiger partial charge < -0.3 is 5.32 Å². The maximum Gasteiger partial charge on any atom is 0.417 e. The highest BCUT2D eigenvalue weighted by Gasteiger charge is 2.33. The Bertz CT molecular complexity index is 949. The number of alkyl halides is 3. The maximum absolute atomic E-state index is 13.4. The highest BCUT2D eigenvalue weighted by Crippen LogP contribution is 2.37. The Morgan fingerprint density at radius 2 is 1.81 bits per heavy atom. The number of benzene rings is 1. The van der Waals surface area contributed by atoms with Crippen LogP contribution in [-0.2, 0) is 6.18 Å². The fourth-order valence-electron chi connectivity index (χ4n) is 3.65. The van der Waals surface area contributed by atoms with Crippen LogP contribution >= 0.6 is 0 Å². The van der Waals surface area contributed by atoms with Gasteiger partial charge in [0.05, 0.1) is 11.1 Å². The quantitative estimate of drug-likeness (QED) is 0.664. The predicted octanol–water partition coefficient (Wildman–Crippen LogP) is 5.46. The maximum atomic E-state index is 13.4. The minimum atomic E-state index is -4.44. The smallest absolute Gasteiger partial charge is 0.367 e. The molecule has 1 aliphatic rings. The minimum absolute atomic E-state index is 0.0550. The predicted molar refractivity (Wildman–Crippen MR) is 98.3 cm³/mol. The lowest BCUT2D eigenvalue weighted by atomic mass is 9.95. The molecule has 27 heavy (non-hydrogen) atoms. The Morgan fingerprint density at radius 3 is 2.59 bits per heavy atom. The number of fused-ring (bicyclic) bond motifs is 1. The van der Waals surface area contributed by atoms with Crippen LogP contribution in [0.4, 0.5) is 19.0 Å². The molecule has 0 unspecified atom stereocenters. The summed E-state index contributed by atoms with van der Waals surface area (Å²) in [4.78, 5) is 12.5. The first-order valence-electron chi connectivity index (χ1n) is 9.05. The van der Waals surface area contributed by atoms with E-state index in [9.17, 15) is 13.2 Å². The number of nitrogens with zero attached hydrogens (tertiary/aromatic N) is 3. The monoisotopic (exact) mass is 372 g/mol. The van der Waals surface area contributed by atoms with E-state index in [0.717, 1.165) is 30.5 Å². The summed E-state index contributed by atoms with van der Waals surface area (Å²) in [6, 6.07) is 6.43. The summed E-state index contributed by atoms with van der Waals surface area (Å²) in [6.07, 6.45) is 5.20. The van der Waals surface area contributed by atoms with E-state index in [1.807, 2.05) is 0 Å². The Kier molecular flexibility index (Phi) is 4.68. The zero-order valence-electron chi connectivity index (χ0n) is 14.6. The van der Waals surface area contributed by atoms with Gasteiger partial charge in [-0.2, -0.15) is 13.2 Å². The van der Waals surface area contributed by atoms with E-state index in [0.29, 0.717) is 22.9 Å². The van der Waals surface area contributed by atoms with Crippen molar-refractivity contribution in [2.24, 2.45) is 0 Å². The number of hydrogen-bond acceptors (Lipinski definition) is 4. The number of pyridine rings is 1. The lowest BCUT2D eigenvalue weighted by molar-refractivity contribution is -0.137. The standard InChI is InChI=1S/C20H19F3N4/c21-20(22,23)17-8-9-24-11-16(17)13-6-7-18-15(10-13)19(26-12-25-18)27-14-4-2-1-3-5-14/h6-12,14H,1-5H2,(H,25,26,27). The molecule has 1 N–H and O–H groups in total. The zero-order chi connectivity index (χ0) is 18.9. The molecule has 0 saturated heterocycles. The molecule has 2 heterocycles. The van der Waals surface area contributed by atoms with Crippen LogP contribution in [0.15, 0.2) is 43.0 Å². The molecule has 3 aromatic rings. The van der Waals surface area contributed by atoms with Crippen molar-refractivity contribution in [1.82, 2.24) is 15.0 Å². The van der Waals surface area contributed by atoms with Crippen molar-refractivity contribution < 1.29 is 13.2 Å². The molecule has 4 nitrogen and oxygen atoms in total. The van der Waals surface area contributed by atoms with Gasteiger partial charge in [-0.25, -0.2) is 9.97 Å². The number of anilines is 1. The first-order chi connectivity index (χ1) is 13.0. The molecule has 0 bridgehead atoms. The SMILES string of the molecule is FC(F)(F)c1ccncc1-c1ccc2ncnc(NC3CCCCC3)c2c1. The van der Waals surface area contributed by atoms with Crippen LogP contribution < -0.4 is 5.32 Å². The van der Waals surface area contributed by atoms with Gasteiger partial charge in [0.15, 0.2) is 0 Å². The van der Waals surface area contributed by atoms with E-state index in [2.05, 4.69) is 20.3 Å². The van der Waals surface area contributed by atoms with Crippen molar-refractivity contribution >= 4 is 16.7 Å². The third-order valence-corrected chi connectivity index (χ3v) is 5.02. The van der Waals surface area contributed by atoms with Gasteiger partial charge in [0, 0.05) is 29.4 Å². The first-order valence-corrected chi connectivity index (χ1v) is 9.05. The van der Waals surface area contributed by atoms with Crippen molar-refractivity contribution in [3.05, 3.63) is 48.5 Å². The van der Waals surface area contributed by atoms with Gasteiger partial charge in [-0.05, 0) is 36.6 Å². The lowest BCUT2D eigenvalue weighted by Crippen LogP contribution is -2.23. The summed E-state index contributed by atoms with van der Waals surface area (Å²) in [5.41, 5.74) is 0.504. The molecular weight excluding hydrogens is 353 g/mol.